The second-order valence-electron chi connectivity index (χ2n) is 6.19. The van der Waals surface area contributed by atoms with Crippen molar-refractivity contribution in [2.45, 2.75) is 32.4 Å². The van der Waals surface area contributed by atoms with Crippen LogP contribution in [-0.2, 0) is 5.75 Å². The number of carbonyl (C=O) groups excluding carboxylic acids is 1. The molecule has 0 aliphatic carbocycles. The van der Waals surface area contributed by atoms with Crippen LogP contribution in [0.1, 0.15) is 41.6 Å². The molecule has 2 aromatic heterocycles. The molecule has 1 aliphatic rings. The number of thioether (sulfide) groups is 1. The molecule has 1 fully saturated rings. The van der Waals surface area contributed by atoms with Gasteiger partial charge in [-0.05, 0) is 25.2 Å². The highest BCUT2D eigenvalue weighted by atomic mass is 32.2. The first-order valence-corrected chi connectivity index (χ1v) is 9.91. The molecular formula is C17H25N5O2S. The van der Waals surface area contributed by atoms with Gasteiger partial charge in [-0.3, -0.25) is 4.79 Å². The topological polar surface area (TPSA) is 78.3 Å². The van der Waals surface area contributed by atoms with Crippen molar-refractivity contribution in [1.29, 1.82) is 0 Å². The predicted octanol–water partition coefficient (Wildman–Crippen LogP) is 2.70. The number of aromatic nitrogens is 3. The third-order valence-corrected chi connectivity index (χ3v) is 5.49. The highest BCUT2D eigenvalue weighted by Gasteiger charge is 2.26. The fourth-order valence-corrected chi connectivity index (χ4v) is 3.97. The number of carbonyl (C=O) groups is 1. The predicted molar refractivity (Wildman–Crippen MR) is 99.0 cm³/mol. The highest BCUT2D eigenvalue weighted by Crippen LogP contribution is 2.22. The number of aromatic amines is 1. The largest absolute Gasteiger partial charge is 0.456 e. The molecule has 136 valence electrons. The minimum absolute atomic E-state index is 0.0230. The molecule has 0 unspecified atom stereocenters. The van der Waals surface area contributed by atoms with Gasteiger partial charge in [0.2, 0.25) is 5.95 Å². The maximum absolute atomic E-state index is 12.7. The summed E-state index contributed by atoms with van der Waals surface area (Å²) in [4.78, 5) is 20.8. The fourth-order valence-electron chi connectivity index (χ4n) is 2.83. The van der Waals surface area contributed by atoms with Gasteiger partial charge in [0.05, 0.1) is 0 Å². The summed E-state index contributed by atoms with van der Waals surface area (Å²) in [6.45, 7) is 6.91. The van der Waals surface area contributed by atoms with Crippen LogP contribution in [0.15, 0.2) is 16.8 Å². The summed E-state index contributed by atoms with van der Waals surface area (Å²) < 4.78 is 5.74. The zero-order valence-electron chi connectivity index (χ0n) is 14.8. The van der Waals surface area contributed by atoms with Crippen LogP contribution in [0.2, 0.25) is 0 Å². The van der Waals surface area contributed by atoms with Gasteiger partial charge in [0.25, 0.3) is 5.91 Å². The number of piperazine rings is 1. The monoisotopic (exact) mass is 363 g/mol. The quantitative estimate of drug-likeness (QED) is 0.762. The summed E-state index contributed by atoms with van der Waals surface area (Å²) in [6, 6.07) is 1.92. The Morgan fingerprint density at radius 1 is 1.36 bits per heavy atom. The van der Waals surface area contributed by atoms with E-state index in [-0.39, 0.29) is 5.91 Å². The van der Waals surface area contributed by atoms with Gasteiger partial charge in [0.1, 0.15) is 12.1 Å². The second-order valence-corrected chi connectivity index (χ2v) is 7.29. The molecule has 25 heavy (non-hydrogen) atoms. The second kappa shape index (κ2) is 8.42. The lowest BCUT2D eigenvalue weighted by Gasteiger charge is -2.33. The Labute approximate surface area is 152 Å². The summed E-state index contributed by atoms with van der Waals surface area (Å²) in [5.41, 5.74) is 1.13. The molecule has 3 rings (SSSR count). The average molecular weight is 363 g/mol. The van der Waals surface area contributed by atoms with Crippen LogP contribution in [-0.4, -0.2) is 57.9 Å². The van der Waals surface area contributed by atoms with Crippen molar-refractivity contribution in [1.82, 2.24) is 20.1 Å². The Kier molecular flexibility index (Phi) is 6.01. The maximum atomic E-state index is 12.7. The summed E-state index contributed by atoms with van der Waals surface area (Å²) >= 11 is 1.90. The average Bonchev–Trinajstić information content (AvgIpc) is 3.29. The van der Waals surface area contributed by atoms with Gasteiger partial charge in [-0.25, -0.2) is 5.10 Å². The zero-order valence-corrected chi connectivity index (χ0v) is 15.6. The number of amides is 1. The summed E-state index contributed by atoms with van der Waals surface area (Å²) in [6.07, 6.45) is 3.93. The minimum atomic E-state index is -0.0230. The van der Waals surface area contributed by atoms with Crippen molar-refractivity contribution < 1.29 is 9.21 Å². The molecule has 1 saturated heterocycles. The van der Waals surface area contributed by atoms with E-state index in [4.69, 9.17) is 4.42 Å². The molecule has 0 spiro atoms. The van der Waals surface area contributed by atoms with E-state index in [9.17, 15) is 4.79 Å². The van der Waals surface area contributed by atoms with Crippen LogP contribution in [0.25, 0.3) is 0 Å². The fraction of sp³-hybridized carbons (Fsp3) is 0.588. The standard InChI is InChI=1S/C17H25N5O2S/c1-3-4-9-25-11-14-10-15(24-13(14)2)16(23)21-5-7-22(8-6-21)17-18-12-19-20-17/h10,12H,3-9,11H2,1-2H3,(H,18,19,20). The van der Waals surface area contributed by atoms with Gasteiger partial charge in [0.15, 0.2) is 5.76 Å². The van der Waals surface area contributed by atoms with Gasteiger partial charge in [0, 0.05) is 37.5 Å². The highest BCUT2D eigenvalue weighted by molar-refractivity contribution is 7.98. The van der Waals surface area contributed by atoms with Gasteiger partial charge < -0.3 is 14.2 Å². The Morgan fingerprint density at radius 2 is 2.16 bits per heavy atom. The number of aryl methyl sites for hydroxylation is 1. The molecule has 2 aromatic rings. The summed E-state index contributed by atoms with van der Waals surface area (Å²) in [5.74, 6) is 4.09. The molecule has 0 bridgehead atoms. The van der Waals surface area contributed by atoms with Crippen LogP contribution in [0.5, 0.6) is 0 Å². The number of nitrogens with one attached hydrogen (secondary N) is 1. The first-order valence-electron chi connectivity index (χ1n) is 8.75. The molecule has 0 atom stereocenters. The lowest BCUT2D eigenvalue weighted by atomic mass is 10.2. The lowest BCUT2D eigenvalue weighted by Crippen LogP contribution is -2.49. The smallest absolute Gasteiger partial charge is 0.289 e. The van der Waals surface area contributed by atoms with E-state index in [1.807, 2.05) is 29.7 Å². The van der Waals surface area contributed by atoms with Crippen LogP contribution in [0, 0.1) is 6.92 Å². The van der Waals surface area contributed by atoms with E-state index in [2.05, 4.69) is 27.0 Å². The normalized spacial score (nSPS) is 15.0. The molecule has 8 heteroatoms. The number of H-pyrrole nitrogens is 1. The molecular weight excluding hydrogens is 338 g/mol. The third-order valence-electron chi connectivity index (χ3n) is 4.40. The van der Waals surface area contributed by atoms with Gasteiger partial charge in [-0.15, -0.1) is 0 Å². The molecule has 1 N–H and O–H groups in total. The van der Waals surface area contributed by atoms with Crippen LogP contribution < -0.4 is 4.90 Å². The zero-order chi connectivity index (χ0) is 17.6. The van der Waals surface area contributed by atoms with Gasteiger partial charge >= 0.3 is 0 Å². The molecule has 0 radical (unpaired) electrons. The molecule has 0 aromatic carbocycles. The van der Waals surface area contributed by atoms with Crippen LogP contribution >= 0.6 is 11.8 Å². The summed E-state index contributed by atoms with van der Waals surface area (Å²) in [5, 5.41) is 6.73. The van der Waals surface area contributed by atoms with Crippen LogP contribution in [0.3, 0.4) is 0 Å². The van der Waals surface area contributed by atoms with E-state index in [1.165, 1.54) is 19.2 Å². The lowest BCUT2D eigenvalue weighted by molar-refractivity contribution is 0.0713. The first kappa shape index (κ1) is 17.8. The first-order chi connectivity index (χ1) is 12.2. The number of anilines is 1. The third kappa shape index (κ3) is 4.36. The van der Waals surface area contributed by atoms with Crippen molar-refractivity contribution in [3.8, 4) is 0 Å². The van der Waals surface area contributed by atoms with E-state index in [0.717, 1.165) is 41.9 Å². The van der Waals surface area contributed by atoms with Gasteiger partial charge in [-0.1, -0.05) is 13.3 Å². The summed E-state index contributed by atoms with van der Waals surface area (Å²) in [7, 11) is 0. The van der Waals surface area contributed by atoms with Gasteiger partial charge in [-0.2, -0.15) is 21.8 Å². The number of nitrogens with zero attached hydrogens (tertiary/aromatic N) is 4. The van der Waals surface area contributed by atoms with E-state index in [0.29, 0.717) is 18.8 Å². The van der Waals surface area contributed by atoms with Crippen molar-refractivity contribution in [2.75, 3.05) is 36.8 Å². The molecule has 1 aliphatic heterocycles. The molecule has 1 amide bonds. The number of hydrogen-bond acceptors (Lipinski definition) is 6. The van der Waals surface area contributed by atoms with Crippen LogP contribution in [0.4, 0.5) is 5.95 Å². The SMILES string of the molecule is CCCCSCc1cc(C(=O)N2CCN(c3ncn[nH]3)CC2)oc1C. The molecule has 3 heterocycles. The van der Waals surface area contributed by atoms with E-state index < -0.39 is 0 Å². The Balaban J connectivity index is 1.55. The Bertz CT molecular complexity index is 677. The van der Waals surface area contributed by atoms with Crippen molar-refractivity contribution >= 4 is 23.6 Å². The number of hydrogen-bond donors (Lipinski definition) is 1. The maximum Gasteiger partial charge on any atom is 0.289 e. The van der Waals surface area contributed by atoms with Crippen molar-refractivity contribution in [2.24, 2.45) is 0 Å². The van der Waals surface area contributed by atoms with Crippen molar-refractivity contribution in [3.05, 3.63) is 29.5 Å². The Morgan fingerprint density at radius 3 is 2.84 bits per heavy atom. The number of rotatable bonds is 7. The number of unbranched alkanes of at least 4 members (excludes halogenated alkanes) is 1. The van der Waals surface area contributed by atoms with E-state index in [1.54, 1.807) is 0 Å². The number of furan rings is 1. The van der Waals surface area contributed by atoms with E-state index >= 15 is 0 Å². The minimum Gasteiger partial charge on any atom is -0.456 e. The van der Waals surface area contributed by atoms with Crippen molar-refractivity contribution in [3.63, 3.8) is 0 Å². The molecule has 7 nitrogen and oxygen atoms in total. The Hall–Kier alpha value is -1.96. The molecule has 0 saturated carbocycles.